The Bertz CT molecular complexity index is 980. The van der Waals surface area contributed by atoms with Crippen molar-refractivity contribution in [3.8, 4) is 22.5 Å². The maximum atomic E-state index is 9.17. The van der Waals surface area contributed by atoms with Gasteiger partial charge in [-0.15, -0.1) is 0 Å². The number of aromatic nitrogens is 1. The fourth-order valence-electron chi connectivity index (χ4n) is 3.59. The van der Waals surface area contributed by atoms with Gasteiger partial charge in [0.1, 0.15) is 11.5 Å². The van der Waals surface area contributed by atoms with E-state index in [1.165, 1.54) is 5.56 Å². The monoisotopic (exact) mass is 377 g/mol. The predicted molar refractivity (Wildman–Crippen MR) is 108 cm³/mol. The number of furan rings is 1. The molecule has 1 aliphatic carbocycles. The van der Waals surface area contributed by atoms with Crippen molar-refractivity contribution in [3.63, 3.8) is 0 Å². The van der Waals surface area contributed by atoms with E-state index < -0.39 is 0 Å². The predicted octanol–water partition coefficient (Wildman–Crippen LogP) is 3.87. The summed E-state index contributed by atoms with van der Waals surface area (Å²) >= 11 is 0. The molecule has 4 rings (SSSR count). The average Bonchev–Trinajstić information content (AvgIpc) is 3.35. The van der Waals surface area contributed by atoms with Crippen molar-refractivity contribution in [3.05, 3.63) is 65.7 Å². The quantitative estimate of drug-likeness (QED) is 0.371. The van der Waals surface area contributed by atoms with E-state index in [9.17, 15) is 0 Å². The fourth-order valence-corrected chi connectivity index (χ4v) is 3.59. The summed E-state index contributed by atoms with van der Waals surface area (Å²) in [6.07, 6.45) is 5.19. The summed E-state index contributed by atoms with van der Waals surface area (Å²) in [5.74, 6) is 1.70. The SMILES string of the molecule is COCCNCc1cc(-c2ccc3c(c2)CC/C3=N\O)c(-c2ccncc2)o1. The Kier molecular flexibility index (Phi) is 5.50. The number of oxime groups is 1. The van der Waals surface area contributed by atoms with Crippen molar-refractivity contribution in [1.29, 1.82) is 0 Å². The van der Waals surface area contributed by atoms with Crippen LogP contribution < -0.4 is 5.32 Å². The maximum Gasteiger partial charge on any atom is 0.142 e. The Labute approximate surface area is 163 Å². The molecule has 0 radical (unpaired) electrons. The zero-order valence-electron chi connectivity index (χ0n) is 15.8. The van der Waals surface area contributed by atoms with Crippen LogP contribution in [0.2, 0.25) is 0 Å². The lowest BCUT2D eigenvalue weighted by Crippen LogP contribution is -2.18. The highest BCUT2D eigenvalue weighted by Gasteiger charge is 2.21. The molecule has 0 saturated heterocycles. The van der Waals surface area contributed by atoms with Gasteiger partial charge in [0.05, 0.1) is 18.9 Å². The van der Waals surface area contributed by atoms with Crippen LogP contribution >= 0.6 is 0 Å². The first kappa shape index (κ1) is 18.4. The Morgan fingerprint density at radius 2 is 1.96 bits per heavy atom. The molecule has 0 spiro atoms. The highest BCUT2D eigenvalue weighted by Crippen LogP contribution is 2.37. The summed E-state index contributed by atoms with van der Waals surface area (Å²) in [7, 11) is 1.69. The number of rotatable bonds is 7. The van der Waals surface area contributed by atoms with Crippen molar-refractivity contribution in [1.82, 2.24) is 10.3 Å². The molecule has 3 aromatic rings. The summed E-state index contributed by atoms with van der Waals surface area (Å²) in [5, 5.41) is 15.9. The number of hydrogen-bond acceptors (Lipinski definition) is 6. The third kappa shape index (κ3) is 3.69. The smallest absolute Gasteiger partial charge is 0.142 e. The molecule has 144 valence electrons. The van der Waals surface area contributed by atoms with Gasteiger partial charge in [-0.05, 0) is 42.2 Å². The van der Waals surface area contributed by atoms with E-state index in [1.807, 2.05) is 18.2 Å². The highest BCUT2D eigenvalue weighted by atomic mass is 16.5. The Morgan fingerprint density at radius 1 is 1.11 bits per heavy atom. The number of ether oxygens (including phenoxy) is 1. The maximum absolute atomic E-state index is 9.17. The minimum absolute atomic E-state index is 0.633. The number of aryl methyl sites for hydroxylation is 1. The van der Waals surface area contributed by atoms with E-state index in [2.05, 4.69) is 33.7 Å². The third-order valence-corrected chi connectivity index (χ3v) is 4.99. The van der Waals surface area contributed by atoms with Crippen molar-refractivity contribution >= 4 is 5.71 Å². The first-order valence-electron chi connectivity index (χ1n) is 9.37. The van der Waals surface area contributed by atoms with Crippen molar-refractivity contribution in [2.45, 2.75) is 19.4 Å². The Hall–Kier alpha value is -2.96. The van der Waals surface area contributed by atoms with E-state index in [-0.39, 0.29) is 0 Å². The molecule has 0 unspecified atom stereocenters. The molecule has 6 nitrogen and oxygen atoms in total. The van der Waals surface area contributed by atoms with Crippen molar-refractivity contribution in [2.75, 3.05) is 20.3 Å². The number of hydrogen-bond donors (Lipinski definition) is 2. The van der Waals surface area contributed by atoms with Gasteiger partial charge in [0.15, 0.2) is 0 Å². The average molecular weight is 377 g/mol. The van der Waals surface area contributed by atoms with Crippen LogP contribution in [0.25, 0.3) is 22.5 Å². The van der Waals surface area contributed by atoms with E-state index >= 15 is 0 Å². The minimum Gasteiger partial charge on any atom is -0.459 e. The van der Waals surface area contributed by atoms with Crippen LogP contribution in [0.5, 0.6) is 0 Å². The van der Waals surface area contributed by atoms with Crippen molar-refractivity contribution in [2.24, 2.45) is 5.16 Å². The molecular weight excluding hydrogens is 354 g/mol. The Morgan fingerprint density at radius 3 is 2.75 bits per heavy atom. The largest absolute Gasteiger partial charge is 0.459 e. The van der Waals surface area contributed by atoms with E-state index in [0.29, 0.717) is 13.2 Å². The lowest BCUT2D eigenvalue weighted by atomic mass is 9.98. The molecule has 1 aromatic carbocycles. The molecule has 2 aromatic heterocycles. The third-order valence-electron chi connectivity index (χ3n) is 4.99. The number of fused-ring (bicyclic) bond motifs is 1. The number of nitrogens with one attached hydrogen (secondary N) is 1. The molecule has 2 N–H and O–H groups in total. The van der Waals surface area contributed by atoms with Gasteiger partial charge < -0.3 is 19.7 Å². The van der Waals surface area contributed by atoms with Gasteiger partial charge in [0.2, 0.25) is 0 Å². The zero-order valence-corrected chi connectivity index (χ0v) is 15.8. The van der Waals surface area contributed by atoms with Crippen molar-refractivity contribution < 1.29 is 14.4 Å². The first-order valence-corrected chi connectivity index (χ1v) is 9.37. The molecule has 28 heavy (non-hydrogen) atoms. The molecule has 0 amide bonds. The summed E-state index contributed by atoms with van der Waals surface area (Å²) in [5.41, 5.74) is 6.12. The topological polar surface area (TPSA) is 79.9 Å². The van der Waals surface area contributed by atoms with Crippen LogP contribution in [0.1, 0.15) is 23.3 Å². The van der Waals surface area contributed by atoms with E-state index in [0.717, 1.165) is 58.9 Å². The van der Waals surface area contributed by atoms with E-state index in [1.54, 1.807) is 19.5 Å². The zero-order chi connectivity index (χ0) is 19.3. The second-order valence-corrected chi connectivity index (χ2v) is 6.78. The number of nitrogens with zero attached hydrogens (tertiary/aromatic N) is 2. The van der Waals surface area contributed by atoms with Crippen LogP contribution in [0.4, 0.5) is 0 Å². The minimum atomic E-state index is 0.633. The molecule has 0 bridgehead atoms. The number of pyridine rings is 1. The number of methoxy groups -OCH3 is 1. The molecule has 6 heteroatoms. The van der Waals surface area contributed by atoms with Crippen LogP contribution in [-0.2, 0) is 17.7 Å². The molecule has 0 atom stereocenters. The summed E-state index contributed by atoms with van der Waals surface area (Å²) in [6.45, 7) is 2.05. The Balaban J connectivity index is 1.70. The van der Waals surface area contributed by atoms with Crippen LogP contribution in [0.3, 0.4) is 0 Å². The van der Waals surface area contributed by atoms with Gasteiger partial charge in [0, 0.05) is 42.7 Å². The van der Waals surface area contributed by atoms with Gasteiger partial charge in [-0.2, -0.15) is 0 Å². The molecule has 0 aliphatic heterocycles. The molecule has 0 fully saturated rings. The normalized spacial score (nSPS) is 14.5. The van der Waals surface area contributed by atoms with Gasteiger partial charge in [-0.1, -0.05) is 23.4 Å². The van der Waals surface area contributed by atoms with Gasteiger partial charge in [-0.3, -0.25) is 4.98 Å². The lowest BCUT2D eigenvalue weighted by molar-refractivity contribution is 0.198. The van der Waals surface area contributed by atoms with Crippen LogP contribution in [0, 0.1) is 0 Å². The molecule has 0 saturated carbocycles. The second kappa shape index (κ2) is 8.37. The first-order chi connectivity index (χ1) is 13.8. The summed E-state index contributed by atoms with van der Waals surface area (Å²) in [4.78, 5) is 4.11. The summed E-state index contributed by atoms with van der Waals surface area (Å²) in [6, 6.07) is 12.3. The molecule has 1 aliphatic rings. The standard InChI is InChI=1S/C22H23N3O3/c1-27-11-10-24-14-18-13-20(22(28-18)15-6-8-23-9-7-15)17-2-4-19-16(12-17)3-5-21(19)25-26/h2,4,6-9,12-13,24,26H,3,5,10-11,14H2,1H3/b25-21+. The highest BCUT2D eigenvalue weighted by molar-refractivity contribution is 6.04. The lowest BCUT2D eigenvalue weighted by Gasteiger charge is -2.06. The van der Waals surface area contributed by atoms with Gasteiger partial charge in [0.25, 0.3) is 0 Å². The van der Waals surface area contributed by atoms with Gasteiger partial charge >= 0.3 is 0 Å². The van der Waals surface area contributed by atoms with Gasteiger partial charge in [-0.25, -0.2) is 0 Å². The molecule has 2 heterocycles. The fraction of sp³-hybridized carbons (Fsp3) is 0.273. The van der Waals surface area contributed by atoms with Crippen LogP contribution in [0.15, 0.2) is 58.4 Å². The summed E-state index contributed by atoms with van der Waals surface area (Å²) < 4.78 is 11.3. The molecular formula is C22H23N3O3. The second-order valence-electron chi connectivity index (χ2n) is 6.78. The number of benzene rings is 1. The van der Waals surface area contributed by atoms with E-state index in [4.69, 9.17) is 14.4 Å². The van der Waals surface area contributed by atoms with Crippen LogP contribution in [-0.4, -0.2) is 36.2 Å².